The van der Waals surface area contributed by atoms with Gasteiger partial charge in [0.15, 0.2) is 11.4 Å². The van der Waals surface area contributed by atoms with Crippen molar-refractivity contribution in [3.63, 3.8) is 0 Å². The SMILES string of the molecule is CC1(C)CCc2c(C(=O)Nc3cnn(C(c4ccnc(N)c4)C4CCOCC4)c3)n[nH]c2C1.CC1(C)CCc2c(C(=O)O)nn(COCC[Si](C)(C)C)c2C1.Nc1cnn(C(c2ccnc(N)c2)C2CCOCC2)c1. The summed E-state index contributed by atoms with van der Waals surface area (Å²) in [5.74, 6) is 0.686. The summed E-state index contributed by atoms with van der Waals surface area (Å²) in [4.78, 5) is 32.6. The van der Waals surface area contributed by atoms with Crippen LogP contribution in [0.1, 0.15) is 133 Å². The molecule has 0 aromatic carbocycles. The molecule has 10 rings (SSSR count). The standard InChI is InChI=1S/C24H31N7O2.C16H28N2O3Si.C14H19N5O/c1-24(2)7-3-18-19(12-24)29-30-21(18)23(32)28-17-13-27-31(14-17)22(15-5-9-33-10-6-15)16-4-8-26-20(25)11-16;1-16(2)7-6-12-13(10-16)18(17-14(12)15(19)20)11-21-8-9-22(3,4)5;15-12-8-18-19(9-12)14(10-2-5-20-6-3-10)11-1-4-17-13(16)7-11/h4,8,11,13-15,22H,3,5-7,9-10,12H2,1-2H3,(H2,25,26)(H,28,32)(H,29,30);6-11H2,1-5H3,(H,19,20);1,4,7-10,14H,2-3,5-6,15H2,(H2,16,17). The first-order chi connectivity index (χ1) is 35.7. The zero-order valence-corrected chi connectivity index (χ0v) is 45.8. The Morgan fingerprint density at radius 3 is 1.92 bits per heavy atom. The lowest BCUT2D eigenvalue weighted by atomic mass is 9.76. The van der Waals surface area contributed by atoms with Crippen molar-refractivity contribution in [3.05, 3.63) is 106 Å². The summed E-state index contributed by atoms with van der Waals surface area (Å²) >= 11 is 0. The van der Waals surface area contributed by atoms with Crippen LogP contribution in [-0.2, 0) is 46.6 Å². The first-order valence-corrected chi connectivity index (χ1v) is 30.1. The number of carboxylic acid groups (broad SMARTS) is 1. The van der Waals surface area contributed by atoms with Gasteiger partial charge in [0.25, 0.3) is 5.91 Å². The van der Waals surface area contributed by atoms with Crippen molar-refractivity contribution >= 4 is 43.0 Å². The van der Waals surface area contributed by atoms with Crippen LogP contribution in [-0.4, -0.2) is 108 Å². The predicted octanol–water partition coefficient (Wildman–Crippen LogP) is 8.23. The Labute approximate surface area is 440 Å². The van der Waals surface area contributed by atoms with E-state index in [9.17, 15) is 14.7 Å². The fraction of sp³-hybridized carbons (Fsp3) is 0.556. The fourth-order valence-electron chi connectivity index (χ4n) is 10.7. The van der Waals surface area contributed by atoms with Crippen molar-refractivity contribution in [2.24, 2.45) is 22.7 Å². The number of nitrogens with zero attached hydrogens (tertiary/aromatic N) is 9. The van der Waals surface area contributed by atoms with Crippen LogP contribution in [0.5, 0.6) is 0 Å². The summed E-state index contributed by atoms with van der Waals surface area (Å²) in [6.45, 7) is 20.0. The quantitative estimate of drug-likeness (QED) is 0.0443. The number of anilines is 4. The van der Waals surface area contributed by atoms with Crippen molar-refractivity contribution in [2.45, 2.75) is 136 Å². The van der Waals surface area contributed by atoms with Gasteiger partial charge in [-0.15, -0.1) is 0 Å². The molecule has 6 aromatic rings. The summed E-state index contributed by atoms with van der Waals surface area (Å²) in [5, 5.41) is 33.0. The van der Waals surface area contributed by atoms with Crippen LogP contribution in [0.2, 0.25) is 25.7 Å². The van der Waals surface area contributed by atoms with Gasteiger partial charge in [-0.1, -0.05) is 47.3 Å². The molecule has 20 nitrogen and oxygen atoms in total. The molecule has 2 fully saturated rings. The largest absolute Gasteiger partial charge is 0.476 e. The summed E-state index contributed by atoms with van der Waals surface area (Å²) in [6, 6.07) is 9.01. The highest BCUT2D eigenvalue weighted by Gasteiger charge is 2.35. The monoisotopic (exact) mass is 1050 g/mol. The number of carboxylic acids is 1. The Morgan fingerprint density at radius 2 is 1.37 bits per heavy atom. The maximum atomic E-state index is 13.0. The van der Waals surface area contributed by atoms with E-state index in [4.69, 9.17) is 31.4 Å². The maximum absolute atomic E-state index is 13.0. The van der Waals surface area contributed by atoms with Gasteiger partial charge in [0.05, 0.1) is 35.9 Å². The van der Waals surface area contributed by atoms with Gasteiger partial charge >= 0.3 is 5.97 Å². The molecule has 0 spiro atoms. The third-order valence-electron chi connectivity index (χ3n) is 14.9. The number of amides is 1. The van der Waals surface area contributed by atoms with E-state index in [0.717, 1.165) is 137 Å². The highest BCUT2D eigenvalue weighted by atomic mass is 28.3. The summed E-state index contributed by atoms with van der Waals surface area (Å²) in [5.41, 5.74) is 26.2. The van der Waals surface area contributed by atoms with Crippen molar-refractivity contribution in [1.29, 1.82) is 0 Å². The lowest BCUT2D eigenvalue weighted by Crippen LogP contribution is -2.27. The van der Waals surface area contributed by atoms with Crippen LogP contribution in [0.25, 0.3) is 0 Å². The molecule has 8 heterocycles. The van der Waals surface area contributed by atoms with Gasteiger partial charge in [0.1, 0.15) is 18.4 Å². The van der Waals surface area contributed by atoms with Gasteiger partial charge in [-0.2, -0.15) is 20.4 Å². The average molecular weight is 1050 g/mol. The number of hydrogen-bond acceptors (Lipinski definition) is 14. The molecule has 9 N–H and O–H groups in total. The highest BCUT2D eigenvalue weighted by Crippen LogP contribution is 2.39. The van der Waals surface area contributed by atoms with Crippen LogP contribution in [0, 0.1) is 22.7 Å². The van der Waals surface area contributed by atoms with Gasteiger partial charge < -0.3 is 41.8 Å². The lowest BCUT2D eigenvalue weighted by Gasteiger charge is -2.31. The van der Waals surface area contributed by atoms with Gasteiger partial charge in [0, 0.05) is 88.4 Å². The second-order valence-electron chi connectivity index (χ2n) is 23.4. The number of rotatable bonds is 14. The number of carbonyl (C=O) groups is 2. The van der Waals surface area contributed by atoms with Crippen molar-refractivity contribution < 1.29 is 28.9 Å². The van der Waals surface area contributed by atoms with E-state index >= 15 is 0 Å². The summed E-state index contributed by atoms with van der Waals surface area (Å²) in [7, 11) is -1.11. The molecule has 4 aliphatic rings. The minimum Gasteiger partial charge on any atom is -0.476 e. The first kappa shape index (κ1) is 54.8. The molecule has 0 saturated carbocycles. The van der Waals surface area contributed by atoms with Gasteiger partial charge in [0.2, 0.25) is 0 Å². The highest BCUT2D eigenvalue weighted by molar-refractivity contribution is 6.76. The maximum Gasteiger partial charge on any atom is 0.356 e. The predicted molar refractivity (Wildman–Crippen MR) is 291 cm³/mol. The van der Waals surface area contributed by atoms with Gasteiger partial charge in [-0.05, 0) is 128 Å². The molecule has 2 saturated heterocycles. The molecule has 2 unspecified atom stereocenters. The van der Waals surface area contributed by atoms with Crippen molar-refractivity contribution in [1.82, 2.24) is 49.5 Å². The number of aromatic amines is 1. The molecule has 2 aliphatic heterocycles. The minimum absolute atomic E-state index is 0.00905. The third-order valence-corrected chi connectivity index (χ3v) is 16.6. The van der Waals surface area contributed by atoms with E-state index in [1.54, 1.807) is 29.5 Å². The Balaban J connectivity index is 0.000000156. The molecular formula is C54H78N14O6Si. The number of nitrogens with one attached hydrogen (secondary N) is 2. The van der Waals surface area contributed by atoms with Crippen LogP contribution in [0.3, 0.4) is 0 Å². The van der Waals surface area contributed by atoms with E-state index in [0.29, 0.717) is 47.3 Å². The first-order valence-electron chi connectivity index (χ1n) is 26.4. The number of nitrogens with two attached hydrogens (primary N) is 3. The number of nitrogen functional groups attached to an aromatic ring is 3. The lowest BCUT2D eigenvalue weighted by molar-refractivity contribution is 0.0526. The Morgan fingerprint density at radius 1 is 0.813 bits per heavy atom. The van der Waals surface area contributed by atoms with Crippen molar-refractivity contribution in [3.8, 4) is 0 Å². The summed E-state index contributed by atoms with van der Waals surface area (Å²) in [6.07, 6.45) is 19.9. The molecule has 75 heavy (non-hydrogen) atoms. The number of pyridine rings is 2. The molecule has 2 atom stereocenters. The second-order valence-corrected chi connectivity index (χ2v) is 29.0. The third kappa shape index (κ3) is 14.3. The molecule has 2 aliphatic carbocycles. The Bertz CT molecular complexity index is 2870. The normalized spacial score (nSPS) is 18.3. The molecular weight excluding hydrogens is 969 g/mol. The zero-order chi connectivity index (χ0) is 53.5. The molecule has 0 radical (unpaired) electrons. The molecule has 0 bridgehead atoms. The van der Waals surface area contributed by atoms with Gasteiger partial charge in [-0.3, -0.25) is 19.3 Å². The fourth-order valence-corrected chi connectivity index (χ4v) is 11.5. The number of ether oxygens (including phenoxy) is 3. The zero-order valence-electron chi connectivity index (χ0n) is 44.8. The molecule has 404 valence electrons. The van der Waals surface area contributed by atoms with E-state index < -0.39 is 14.0 Å². The number of H-pyrrole nitrogens is 1. The number of carbonyl (C=O) groups excluding carboxylic acids is 1. The van der Waals surface area contributed by atoms with Crippen LogP contribution in [0.15, 0.2) is 61.4 Å². The second kappa shape index (κ2) is 23.6. The molecule has 1 amide bonds. The molecule has 21 heteroatoms. The van der Waals surface area contributed by atoms with E-state index in [1.165, 1.54) is 0 Å². The van der Waals surface area contributed by atoms with E-state index in [-0.39, 0.29) is 34.5 Å². The van der Waals surface area contributed by atoms with Crippen LogP contribution >= 0.6 is 0 Å². The average Bonchev–Trinajstić information content (AvgIpc) is 4.18. The van der Waals surface area contributed by atoms with Crippen LogP contribution < -0.4 is 22.5 Å². The Hall–Kier alpha value is -6.42. The molecule has 6 aromatic heterocycles. The number of aromatic carboxylic acids is 1. The number of aromatic nitrogens is 10. The summed E-state index contributed by atoms with van der Waals surface area (Å²) < 4.78 is 22.4. The smallest absolute Gasteiger partial charge is 0.356 e. The number of fused-ring (bicyclic) bond motifs is 2. The van der Waals surface area contributed by atoms with Crippen LogP contribution in [0.4, 0.5) is 23.0 Å². The Kier molecular flexibility index (Phi) is 17.3. The van der Waals surface area contributed by atoms with E-state index in [1.807, 2.05) is 46.0 Å². The van der Waals surface area contributed by atoms with E-state index in [2.05, 4.69) is 88.1 Å². The minimum atomic E-state index is -1.11. The number of hydrogen-bond donors (Lipinski definition) is 6. The van der Waals surface area contributed by atoms with Gasteiger partial charge in [-0.25, -0.2) is 19.4 Å². The van der Waals surface area contributed by atoms with Crippen molar-refractivity contribution in [2.75, 3.05) is 55.6 Å². The topological polar surface area (TPSA) is 280 Å².